The first kappa shape index (κ1) is 19.8. The normalized spacial score (nSPS) is 21.5. The maximum atomic E-state index is 11.1. The van der Waals surface area contributed by atoms with E-state index in [4.69, 9.17) is 0 Å². The van der Waals surface area contributed by atoms with Crippen molar-refractivity contribution < 1.29 is 9.90 Å². The summed E-state index contributed by atoms with van der Waals surface area (Å²) in [6.07, 6.45) is 8.76. The molecular formula is C27H28N2O2. The molecule has 0 saturated carbocycles. The molecule has 1 saturated heterocycles. The maximum absolute atomic E-state index is 11.1. The van der Waals surface area contributed by atoms with Crippen molar-refractivity contribution in [2.24, 2.45) is 5.92 Å². The number of aromatic hydroxyl groups is 1. The Bertz CT molecular complexity index is 1040. The van der Waals surface area contributed by atoms with E-state index in [1.165, 1.54) is 27.9 Å². The summed E-state index contributed by atoms with van der Waals surface area (Å²) in [7, 11) is 0. The van der Waals surface area contributed by atoms with E-state index in [1.807, 2.05) is 24.5 Å². The maximum Gasteiger partial charge on any atom is 0.123 e. The lowest BCUT2D eigenvalue weighted by molar-refractivity contribution is -0.111. The van der Waals surface area contributed by atoms with Gasteiger partial charge in [-0.1, -0.05) is 18.2 Å². The number of aryl methyl sites for hydroxylation is 1. The van der Waals surface area contributed by atoms with Crippen molar-refractivity contribution in [2.75, 3.05) is 18.0 Å². The Morgan fingerprint density at radius 2 is 1.65 bits per heavy atom. The summed E-state index contributed by atoms with van der Waals surface area (Å²) in [6, 6.07) is 19.1. The fourth-order valence-corrected chi connectivity index (χ4v) is 5.37. The van der Waals surface area contributed by atoms with Crippen molar-refractivity contribution in [3.05, 3.63) is 89.2 Å². The van der Waals surface area contributed by atoms with Crippen LogP contribution in [0.15, 0.2) is 67.0 Å². The van der Waals surface area contributed by atoms with Crippen molar-refractivity contribution in [2.45, 2.75) is 37.5 Å². The van der Waals surface area contributed by atoms with E-state index in [0.717, 1.165) is 45.1 Å². The van der Waals surface area contributed by atoms with Gasteiger partial charge in [0.1, 0.15) is 12.0 Å². The van der Waals surface area contributed by atoms with Gasteiger partial charge in [0.2, 0.25) is 0 Å². The molecule has 4 nitrogen and oxygen atoms in total. The quantitative estimate of drug-likeness (QED) is 0.608. The molecule has 0 bridgehead atoms. The molecule has 1 fully saturated rings. The van der Waals surface area contributed by atoms with Gasteiger partial charge in [-0.2, -0.15) is 0 Å². The van der Waals surface area contributed by atoms with Crippen LogP contribution >= 0.6 is 0 Å². The minimum absolute atomic E-state index is 0.215. The summed E-state index contributed by atoms with van der Waals surface area (Å²) in [6.45, 7) is 1.88. The van der Waals surface area contributed by atoms with Gasteiger partial charge in [0, 0.05) is 43.0 Å². The molecular weight excluding hydrogens is 384 g/mol. The molecule has 1 aliphatic carbocycles. The summed E-state index contributed by atoms with van der Waals surface area (Å²) in [5.74, 6) is 1.19. The molecule has 1 aliphatic heterocycles. The van der Waals surface area contributed by atoms with Crippen LogP contribution in [0.3, 0.4) is 0 Å². The molecule has 0 amide bonds. The Morgan fingerprint density at radius 3 is 2.35 bits per heavy atom. The van der Waals surface area contributed by atoms with Crippen LogP contribution in [0.4, 0.5) is 5.69 Å². The lowest BCUT2D eigenvalue weighted by atomic mass is 9.69. The fraction of sp³-hybridized carbons (Fsp3) is 0.333. The number of phenols is 1. The zero-order valence-electron chi connectivity index (χ0n) is 17.7. The molecule has 158 valence electrons. The fourth-order valence-electron chi connectivity index (χ4n) is 5.37. The number of aromatic nitrogens is 1. The summed E-state index contributed by atoms with van der Waals surface area (Å²) in [4.78, 5) is 17.6. The van der Waals surface area contributed by atoms with Gasteiger partial charge in [0.05, 0.1) is 0 Å². The molecule has 0 unspecified atom stereocenters. The number of fused-ring (bicyclic) bond motifs is 1. The van der Waals surface area contributed by atoms with Crippen LogP contribution in [0, 0.1) is 5.92 Å². The van der Waals surface area contributed by atoms with Gasteiger partial charge in [-0.15, -0.1) is 0 Å². The molecule has 2 aliphatic rings. The van der Waals surface area contributed by atoms with Gasteiger partial charge in [-0.25, -0.2) is 0 Å². The molecule has 2 aromatic carbocycles. The molecule has 2 heterocycles. The number of piperidine rings is 1. The summed E-state index contributed by atoms with van der Waals surface area (Å²) >= 11 is 0. The molecule has 5 rings (SSSR count). The highest BCUT2D eigenvalue weighted by atomic mass is 16.3. The number of phenolic OH excluding ortho intramolecular Hbond substituents is 1. The number of aldehydes is 1. The Hall–Kier alpha value is -3.14. The van der Waals surface area contributed by atoms with Crippen molar-refractivity contribution in [3.8, 4) is 5.75 Å². The first-order chi connectivity index (χ1) is 15.2. The summed E-state index contributed by atoms with van der Waals surface area (Å²) < 4.78 is 0. The predicted molar refractivity (Wildman–Crippen MR) is 123 cm³/mol. The van der Waals surface area contributed by atoms with Gasteiger partial charge in [-0.05, 0) is 90.3 Å². The van der Waals surface area contributed by atoms with E-state index in [9.17, 15) is 9.90 Å². The largest absolute Gasteiger partial charge is 0.508 e. The van der Waals surface area contributed by atoms with Crippen LogP contribution in [-0.2, 0) is 11.2 Å². The molecule has 2 atom stereocenters. The second kappa shape index (κ2) is 8.54. The molecule has 0 radical (unpaired) electrons. The molecule has 31 heavy (non-hydrogen) atoms. The number of carbonyl (C=O) groups is 1. The highest BCUT2D eigenvalue weighted by molar-refractivity contribution is 5.56. The first-order valence-electron chi connectivity index (χ1n) is 11.2. The van der Waals surface area contributed by atoms with E-state index in [0.29, 0.717) is 11.7 Å². The van der Waals surface area contributed by atoms with Gasteiger partial charge < -0.3 is 14.8 Å². The number of hydrogen-bond acceptors (Lipinski definition) is 4. The molecule has 1 aromatic heterocycles. The van der Waals surface area contributed by atoms with Gasteiger partial charge in [0.25, 0.3) is 0 Å². The van der Waals surface area contributed by atoms with Crippen molar-refractivity contribution in [1.82, 2.24) is 4.98 Å². The molecule has 0 spiro atoms. The third-order valence-electron chi connectivity index (χ3n) is 7.07. The van der Waals surface area contributed by atoms with Crippen LogP contribution in [0.25, 0.3) is 0 Å². The monoisotopic (exact) mass is 412 g/mol. The highest BCUT2D eigenvalue weighted by Crippen LogP contribution is 2.47. The lowest BCUT2D eigenvalue weighted by Gasteiger charge is -2.35. The van der Waals surface area contributed by atoms with Crippen molar-refractivity contribution in [1.29, 1.82) is 0 Å². The Kier molecular flexibility index (Phi) is 5.46. The van der Waals surface area contributed by atoms with Crippen LogP contribution < -0.4 is 4.90 Å². The van der Waals surface area contributed by atoms with Crippen molar-refractivity contribution >= 4 is 12.0 Å². The van der Waals surface area contributed by atoms with Crippen LogP contribution in [0.2, 0.25) is 0 Å². The Morgan fingerprint density at radius 1 is 0.903 bits per heavy atom. The zero-order chi connectivity index (χ0) is 21.2. The minimum atomic E-state index is 0.215. The topological polar surface area (TPSA) is 53.4 Å². The van der Waals surface area contributed by atoms with Gasteiger partial charge >= 0.3 is 0 Å². The number of rotatable bonds is 4. The SMILES string of the molecule is O=CC1CCN(c2ccc([C@H]3c4ccc(O)cc4CC[C@H]3c3ccncc3)cc2)CC1. The van der Waals surface area contributed by atoms with E-state index < -0.39 is 0 Å². The predicted octanol–water partition coefficient (Wildman–Crippen LogP) is 5.06. The van der Waals surface area contributed by atoms with E-state index >= 15 is 0 Å². The third kappa shape index (κ3) is 3.95. The van der Waals surface area contributed by atoms with E-state index in [2.05, 4.69) is 52.3 Å². The average molecular weight is 413 g/mol. The van der Waals surface area contributed by atoms with E-state index in [1.54, 1.807) is 0 Å². The first-order valence-corrected chi connectivity index (χ1v) is 11.2. The number of carbonyl (C=O) groups excluding carboxylic acids is 1. The average Bonchev–Trinajstić information content (AvgIpc) is 2.84. The highest BCUT2D eigenvalue weighted by Gasteiger charge is 2.32. The number of pyridine rings is 1. The lowest BCUT2D eigenvalue weighted by Crippen LogP contribution is -2.34. The Labute approximate surface area is 183 Å². The van der Waals surface area contributed by atoms with Crippen molar-refractivity contribution in [3.63, 3.8) is 0 Å². The number of nitrogens with zero attached hydrogens (tertiary/aromatic N) is 2. The van der Waals surface area contributed by atoms with Crippen LogP contribution in [0.5, 0.6) is 5.75 Å². The molecule has 4 heteroatoms. The molecule has 3 aromatic rings. The minimum Gasteiger partial charge on any atom is -0.508 e. The van der Waals surface area contributed by atoms with Crippen LogP contribution in [-0.4, -0.2) is 29.5 Å². The third-order valence-corrected chi connectivity index (χ3v) is 7.07. The number of anilines is 1. The zero-order valence-corrected chi connectivity index (χ0v) is 17.7. The smallest absolute Gasteiger partial charge is 0.123 e. The summed E-state index contributed by atoms with van der Waals surface area (Å²) in [5, 5.41) is 10.0. The number of hydrogen-bond donors (Lipinski definition) is 1. The second-order valence-electron chi connectivity index (χ2n) is 8.84. The number of benzene rings is 2. The van der Waals surface area contributed by atoms with Gasteiger partial charge in [0.15, 0.2) is 0 Å². The molecule has 1 N–H and O–H groups in total. The Balaban J connectivity index is 1.47. The van der Waals surface area contributed by atoms with Crippen LogP contribution in [0.1, 0.15) is 53.4 Å². The second-order valence-corrected chi connectivity index (χ2v) is 8.84. The summed E-state index contributed by atoms with van der Waals surface area (Å²) in [5.41, 5.74) is 6.41. The van der Waals surface area contributed by atoms with E-state index in [-0.39, 0.29) is 11.8 Å². The standard InChI is InChI=1S/C27H28N2O2/c30-18-19-11-15-29(16-12-19)23-4-1-21(2-5-23)27-25(20-9-13-28-14-10-20)7-3-22-17-24(31)6-8-26(22)27/h1-2,4-6,8-10,13-14,17-19,25,27,31H,3,7,11-12,15-16H2/t25-,27+/m0/s1. The van der Waals surface area contributed by atoms with Gasteiger partial charge in [-0.3, -0.25) is 4.98 Å².